The lowest BCUT2D eigenvalue weighted by Gasteiger charge is -2.07. The maximum atomic E-state index is 12.0. The summed E-state index contributed by atoms with van der Waals surface area (Å²) in [5.74, 6) is -0.337. The Balaban J connectivity index is 1.44. The first-order chi connectivity index (χ1) is 13.0. The smallest absolute Gasteiger partial charge is 0.378 e. The zero-order valence-corrected chi connectivity index (χ0v) is 15.0. The zero-order chi connectivity index (χ0) is 19.2. The topological polar surface area (TPSA) is 108 Å². The van der Waals surface area contributed by atoms with Gasteiger partial charge < -0.3 is 14.8 Å². The summed E-state index contributed by atoms with van der Waals surface area (Å²) in [6.45, 7) is 3.83. The number of hydrogen-bond donors (Lipinski definition) is 1. The predicted octanol–water partition coefficient (Wildman–Crippen LogP) is 1.09. The summed E-state index contributed by atoms with van der Waals surface area (Å²) in [7, 11) is 0. The van der Waals surface area contributed by atoms with Crippen LogP contribution in [0.15, 0.2) is 36.4 Å². The quantitative estimate of drug-likeness (QED) is 0.491. The summed E-state index contributed by atoms with van der Waals surface area (Å²) >= 11 is 0. The second-order valence-electron chi connectivity index (χ2n) is 5.77. The molecule has 0 saturated carbocycles. The molecule has 0 aliphatic rings. The number of aromatic nitrogens is 4. The van der Waals surface area contributed by atoms with E-state index in [1.165, 1.54) is 4.52 Å². The number of nitrogens with zero attached hydrogens (tertiary/aromatic N) is 4. The van der Waals surface area contributed by atoms with Gasteiger partial charge in [-0.05, 0) is 32.0 Å². The van der Waals surface area contributed by atoms with Gasteiger partial charge in [-0.2, -0.15) is 4.98 Å². The molecule has 0 aliphatic carbocycles. The van der Waals surface area contributed by atoms with Crippen LogP contribution in [0.4, 0.5) is 0 Å². The lowest BCUT2D eigenvalue weighted by molar-refractivity contribution is -0.124. The van der Waals surface area contributed by atoms with Gasteiger partial charge in [0.1, 0.15) is 12.4 Å². The molecule has 9 heteroatoms. The van der Waals surface area contributed by atoms with Gasteiger partial charge in [0.2, 0.25) is 0 Å². The van der Waals surface area contributed by atoms with E-state index < -0.39 is 18.5 Å². The molecule has 3 rings (SSSR count). The van der Waals surface area contributed by atoms with Crippen LogP contribution in [0, 0.1) is 13.8 Å². The number of ether oxygens (including phenoxy) is 2. The van der Waals surface area contributed by atoms with Crippen molar-refractivity contribution >= 4 is 17.7 Å². The fourth-order valence-electron chi connectivity index (χ4n) is 2.38. The maximum Gasteiger partial charge on any atom is 0.378 e. The van der Waals surface area contributed by atoms with Crippen LogP contribution in [0.25, 0.3) is 5.78 Å². The van der Waals surface area contributed by atoms with E-state index in [1.54, 1.807) is 0 Å². The number of para-hydroxylation sites is 1. The number of esters is 1. The fraction of sp³-hybridized carbons (Fsp3) is 0.278. The van der Waals surface area contributed by atoms with E-state index >= 15 is 0 Å². The number of aryl methyl sites for hydroxylation is 2. The molecule has 1 amide bonds. The largest absolute Gasteiger partial charge is 0.492 e. The molecule has 140 valence electrons. The van der Waals surface area contributed by atoms with Gasteiger partial charge in [0.05, 0.1) is 6.54 Å². The van der Waals surface area contributed by atoms with Crippen molar-refractivity contribution in [3.8, 4) is 5.75 Å². The first-order valence-corrected chi connectivity index (χ1v) is 8.35. The number of nitrogens with one attached hydrogen (secondary N) is 1. The Morgan fingerprint density at radius 1 is 1.15 bits per heavy atom. The summed E-state index contributed by atoms with van der Waals surface area (Å²) in [6, 6.07) is 11.1. The molecule has 1 aromatic carbocycles. The lowest BCUT2D eigenvalue weighted by Crippen LogP contribution is -2.32. The third-order valence-corrected chi connectivity index (χ3v) is 3.57. The van der Waals surface area contributed by atoms with Crippen molar-refractivity contribution in [2.45, 2.75) is 13.8 Å². The molecule has 9 nitrogen and oxygen atoms in total. The summed E-state index contributed by atoms with van der Waals surface area (Å²) in [6.07, 6.45) is 0. The highest BCUT2D eigenvalue weighted by molar-refractivity contribution is 5.88. The highest BCUT2D eigenvalue weighted by Gasteiger charge is 2.17. The Hall–Kier alpha value is -3.49. The molecule has 27 heavy (non-hydrogen) atoms. The standard InChI is InChI=1S/C18H19N5O4/c1-12-10-13(2)23-18(20-12)21-16(22-23)17(25)27-11-15(24)19-8-9-26-14-6-4-3-5-7-14/h3-7,10H,8-9,11H2,1-2H3,(H,19,24). The molecule has 0 unspecified atom stereocenters. The average Bonchev–Trinajstić information content (AvgIpc) is 3.08. The van der Waals surface area contributed by atoms with Crippen LogP contribution < -0.4 is 10.1 Å². The van der Waals surface area contributed by atoms with Crippen LogP contribution in [0.5, 0.6) is 5.75 Å². The summed E-state index contributed by atoms with van der Waals surface area (Å²) in [4.78, 5) is 32.0. The van der Waals surface area contributed by atoms with Gasteiger partial charge in [-0.3, -0.25) is 4.79 Å². The number of carbonyl (C=O) groups excluding carboxylic acids is 2. The first kappa shape index (κ1) is 18.3. The second kappa shape index (κ2) is 8.26. The van der Waals surface area contributed by atoms with E-state index in [9.17, 15) is 9.59 Å². The minimum Gasteiger partial charge on any atom is -0.492 e. The van der Waals surface area contributed by atoms with E-state index in [1.807, 2.05) is 50.2 Å². The second-order valence-corrected chi connectivity index (χ2v) is 5.77. The zero-order valence-electron chi connectivity index (χ0n) is 15.0. The molecule has 0 radical (unpaired) electrons. The van der Waals surface area contributed by atoms with Gasteiger partial charge >= 0.3 is 5.97 Å². The normalized spacial score (nSPS) is 10.6. The number of carbonyl (C=O) groups is 2. The molecule has 0 fully saturated rings. The molecule has 2 heterocycles. The SMILES string of the molecule is Cc1cc(C)n2nc(C(=O)OCC(=O)NCCOc3ccccc3)nc2n1. The number of amides is 1. The van der Waals surface area contributed by atoms with Crippen LogP contribution in [0.2, 0.25) is 0 Å². The van der Waals surface area contributed by atoms with Crippen molar-refractivity contribution in [3.05, 3.63) is 53.6 Å². The van der Waals surface area contributed by atoms with Gasteiger partial charge in [-0.25, -0.2) is 14.3 Å². The Morgan fingerprint density at radius 3 is 2.70 bits per heavy atom. The minimum atomic E-state index is -0.784. The van der Waals surface area contributed by atoms with Crippen LogP contribution in [0.1, 0.15) is 22.0 Å². The van der Waals surface area contributed by atoms with Crippen molar-refractivity contribution in [2.24, 2.45) is 0 Å². The number of hydrogen-bond acceptors (Lipinski definition) is 7. The Labute approximate surface area is 155 Å². The molecule has 0 aliphatic heterocycles. The van der Waals surface area contributed by atoms with E-state index in [0.717, 1.165) is 17.1 Å². The number of fused-ring (bicyclic) bond motifs is 1. The van der Waals surface area contributed by atoms with Crippen molar-refractivity contribution in [2.75, 3.05) is 19.8 Å². The molecule has 3 aromatic rings. The molecule has 1 N–H and O–H groups in total. The predicted molar refractivity (Wildman–Crippen MR) is 95.5 cm³/mol. The Bertz CT molecular complexity index is 955. The van der Waals surface area contributed by atoms with Crippen molar-refractivity contribution in [1.82, 2.24) is 24.9 Å². The first-order valence-electron chi connectivity index (χ1n) is 8.35. The van der Waals surface area contributed by atoms with Crippen molar-refractivity contribution < 1.29 is 19.1 Å². The molecule has 0 saturated heterocycles. The molecular formula is C18H19N5O4. The van der Waals surface area contributed by atoms with E-state index in [4.69, 9.17) is 9.47 Å². The number of rotatable bonds is 7. The van der Waals surface area contributed by atoms with Gasteiger partial charge in [-0.1, -0.05) is 18.2 Å². The minimum absolute atomic E-state index is 0.142. The monoisotopic (exact) mass is 369 g/mol. The van der Waals surface area contributed by atoms with Crippen molar-refractivity contribution in [1.29, 1.82) is 0 Å². The van der Waals surface area contributed by atoms with Crippen LogP contribution in [-0.2, 0) is 9.53 Å². The highest BCUT2D eigenvalue weighted by Crippen LogP contribution is 2.07. The third-order valence-electron chi connectivity index (χ3n) is 3.57. The highest BCUT2D eigenvalue weighted by atomic mass is 16.5. The van der Waals surface area contributed by atoms with Gasteiger partial charge in [0.15, 0.2) is 6.61 Å². The Morgan fingerprint density at radius 2 is 1.93 bits per heavy atom. The maximum absolute atomic E-state index is 12.0. The molecule has 0 spiro atoms. The van der Waals surface area contributed by atoms with Crippen LogP contribution in [-0.4, -0.2) is 51.2 Å². The molecule has 0 atom stereocenters. The molecular weight excluding hydrogens is 350 g/mol. The van der Waals surface area contributed by atoms with E-state index in [0.29, 0.717) is 18.9 Å². The van der Waals surface area contributed by atoms with Crippen molar-refractivity contribution in [3.63, 3.8) is 0 Å². The van der Waals surface area contributed by atoms with E-state index in [2.05, 4.69) is 20.4 Å². The molecule has 0 bridgehead atoms. The average molecular weight is 369 g/mol. The molecule has 2 aromatic heterocycles. The third kappa shape index (κ3) is 4.78. The summed E-state index contributed by atoms with van der Waals surface area (Å²) < 4.78 is 11.8. The summed E-state index contributed by atoms with van der Waals surface area (Å²) in [5.41, 5.74) is 1.56. The van der Waals surface area contributed by atoms with Gasteiger partial charge in [0.25, 0.3) is 17.5 Å². The number of benzene rings is 1. The lowest BCUT2D eigenvalue weighted by atomic mass is 10.3. The fourth-order valence-corrected chi connectivity index (χ4v) is 2.38. The van der Waals surface area contributed by atoms with Gasteiger partial charge in [0, 0.05) is 11.4 Å². The Kier molecular flexibility index (Phi) is 5.60. The van der Waals surface area contributed by atoms with E-state index in [-0.39, 0.29) is 5.82 Å². The van der Waals surface area contributed by atoms with Crippen LogP contribution in [0.3, 0.4) is 0 Å². The van der Waals surface area contributed by atoms with Crippen LogP contribution >= 0.6 is 0 Å². The van der Waals surface area contributed by atoms with Gasteiger partial charge in [-0.15, -0.1) is 5.10 Å². The summed E-state index contributed by atoms with van der Waals surface area (Å²) in [5, 5.41) is 6.66.